The number of methoxy groups -OCH3 is 1. The second kappa shape index (κ2) is 6.05. The molecule has 0 saturated heterocycles. The average Bonchev–Trinajstić information content (AvgIpc) is 2.78. The molecule has 2 aromatic carbocycles. The predicted molar refractivity (Wildman–Crippen MR) is 109 cm³/mol. The number of fused-ring (bicyclic) bond motifs is 1. The first-order valence-electron chi connectivity index (χ1n) is 9.15. The molecule has 0 saturated carbocycles. The fraction of sp³-hybridized carbons (Fsp3) is 0.417. The van der Waals surface area contributed by atoms with E-state index in [1.54, 1.807) is 7.11 Å². The fourth-order valence-corrected chi connectivity index (χ4v) is 3.99. The van der Waals surface area contributed by atoms with Crippen LogP contribution in [0.15, 0.2) is 29.8 Å². The minimum absolute atomic E-state index is 0.0320. The van der Waals surface area contributed by atoms with Crippen molar-refractivity contribution in [1.29, 1.82) is 0 Å². The van der Waals surface area contributed by atoms with Crippen LogP contribution in [0.2, 0.25) is 0 Å². The molecule has 0 aliphatic heterocycles. The molecule has 0 N–H and O–H groups in total. The monoisotopic (exact) mass is 334 g/mol. The third-order valence-corrected chi connectivity index (χ3v) is 5.40. The largest absolute Gasteiger partial charge is 0.496 e. The summed E-state index contributed by atoms with van der Waals surface area (Å²) in [7, 11) is 1.80. The summed E-state index contributed by atoms with van der Waals surface area (Å²) in [4.78, 5) is 0. The third kappa shape index (κ3) is 3.01. The van der Waals surface area contributed by atoms with Crippen LogP contribution in [0, 0.1) is 13.8 Å². The second-order valence-electron chi connectivity index (χ2n) is 8.57. The number of benzene rings is 2. The van der Waals surface area contributed by atoms with Crippen molar-refractivity contribution in [2.75, 3.05) is 7.11 Å². The van der Waals surface area contributed by atoms with Crippen molar-refractivity contribution in [3.05, 3.63) is 57.7 Å². The first kappa shape index (κ1) is 17.8. The van der Waals surface area contributed by atoms with Crippen LogP contribution < -0.4 is 4.74 Å². The minimum atomic E-state index is 0.0320. The summed E-state index contributed by atoms with van der Waals surface area (Å²) in [6.07, 6.45) is 2.35. The van der Waals surface area contributed by atoms with Crippen molar-refractivity contribution >= 4 is 6.08 Å². The maximum Gasteiger partial charge on any atom is 0.131 e. The van der Waals surface area contributed by atoms with E-state index in [0.717, 1.165) is 5.75 Å². The third-order valence-electron chi connectivity index (χ3n) is 5.40. The van der Waals surface area contributed by atoms with Gasteiger partial charge in [-0.1, -0.05) is 74.7 Å². The molecule has 0 fully saturated rings. The van der Waals surface area contributed by atoms with Gasteiger partial charge in [0.2, 0.25) is 0 Å². The van der Waals surface area contributed by atoms with Crippen molar-refractivity contribution in [2.24, 2.45) is 0 Å². The van der Waals surface area contributed by atoms with Gasteiger partial charge in [0.15, 0.2) is 0 Å². The lowest BCUT2D eigenvalue weighted by molar-refractivity contribution is 0.399. The normalized spacial score (nSPS) is 16.6. The molecule has 132 valence electrons. The molecule has 1 aliphatic rings. The summed E-state index contributed by atoms with van der Waals surface area (Å²) < 4.78 is 6.00. The SMILES string of the molecule is COc1c(C(C)(C)C)cc2c(c1-c1cc(C)cc(C)c1)C=C(C)C2C. The van der Waals surface area contributed by atoms with Crippen molar-refractivity contribution in [3.63, 3.8) is 0 Å². The molecule has 0 radical (unpaired) electrons. The number of rotatable bonds is 2. The van der Waals surface area contributed by atoms with E-state index in [0.29, 0.717) is 5.92 Å². The van der Waals surface area contributed by atoms with Gasteiger partial charge in [-0.05, 0) is 42.9 Å². The van der Waals surface area contributed by atoms with Crippen molar-refractivity contribution in [2.45, 2.75) is 59.8 Å². The summed E-state index contributed by atoms with van der Waals surface area (Å²) >= 11 is 0. The molecule has 0 amide bonds. The van der Waals surface area contributed by atoms with Gasteiger partial charge in [-0.3, -0.25) is 0 Å². The maximum atomic E-state index is 6.00. The van der Waals surface area contributed by atoms with Crippen molar-refractivity contribution in [1.82, 2.24) is 0 Å². The standard InChI is InChI=1S/C24H30O/c1-14-9-15(2)11-18(10-14)22-20-12-16(3)17(4)19(20)13-21(23(22)25-8)24(5,6)7/h9-13,17H,1-8H3. The van der Waals surface area contributed by atoms with Crippen LogP contribution >= 0.6 is 0 Å². The maximum absolute atomic E-state index is 6.00. The van der Waals surface area contributed by atoms with E-state index in [2.05, 4.69) is 78.8 Å². The molecule has 2 aromatic rings. The lowest BCUT2D eigenvalue weighted by Gasteiger charge is -2.27. The number of hydrogen-bond acceptors (Lipinski definition) is 1. The van der Waals surface area contributed by atoms with Crippen LogP contribution in [0.5, 0.6) is 5.75 Å². The van der Waals surface area contributed by atoms with Gasteiger partial charge in [-0.25, -0.2) is 0 Å². The summed E-state index contributed by atoms with van der Waals surface area (Å²) in [5.41, 5.74) is 10.6. The van der Waals surface area contributed by atoms with Crippen LogP contribution in [0.25, 0.3) is 17.2 Å². The average molecular weight is 335 g/mol. The Morgan fingerprint density at radius 2 is 1.52 bits per heavy atom. The topological polar surface area (TPSA) is 9.23 Å². The van der Waals surface area contributed by atoms with E-state index in [1.165, 1.54) is 44.5 Å². The fourth-order valence-electron chi connectivity index (χ4n) is 3.99. The van der Waals surface area contributed by atoms with Crippen molar-refractivity contribution in [3.8, 4) is 16.9 Å². The number of ether oxygens (including phenoxy) is 1. The van der Waals surface area contributed by atoms with Crippen LogP contribution in [0.1, 0.15) is 68.4 Å². The Hall–Kier alpha value is -2.02. The molecule has 0 spiro atoms. The summed E-state index contributed by atoms with van der Waals surface area (Å²) in [6.45, 7) is 15.7. The van der Waals surface area contributed by atoms with E-state index < -0.39 is 0 Å². The quantitative estimate of drug-likeness (QED) is 0.587. The minimum Gasteiger partial charge on any atom is -0.496 e. The Balaban J connectivity index is 2.43. The van der Waals surface area contributed by atoms with E-state index >= 15 is 0 Å². The van der Waals surface area contributed by atoms with E-state index in [4.69, 9.17) is 4.74 Å². The smallest absolute Gasteiger partial charge is 0.131 e. The zero-order valence-electron chi connectivity index (χ0n) is 16.9. The van der Waals surface area contributed by atoms with E-state index in [-0.39, 0.29) is 5.41 Å². The molecule has 0 heterocycles. The van der Waals surface area contributed by atoms with E-state index in [9.17, 15) is 0 Å². The highest BCUT2D eigenvalue weighted by Gasteiger charge is 2.30. The molecule has 1 unspecified atom stereocenters. The van der Waals surface area contributed by atoms with Gasteiger partial charge in [0.25, 0.3) is 0 Å². The lowest BCUT2D eigenvalue weighted by atomic mass is 9.80. The Bertz CT molecular complexity index is 842. The molecule has 1 nitrogen and oxygen atoms in total. The van der Waals surface area contributed by atoms with Gasteiger partial charge in [0.1, 0.15) is 5.75 Å². The highest BCUT2D eigenvalue weighted by molar-refractivity contribution is 5.87. The Labute approximate surface area is 152 Å². The molecular formula is C24H30O. The highest BCUT2D eigenvalue weighted by atomic mass is 16.5. The lowest BCUT2D eigenvalue weighted by Crippen LogP contribution is -2.15. The Morgan fingerprint density at radius 3 is 2.04 bits per heavy atom. The van der Waals surface area contributed by atoms with Crippen molar-refractivity contribution < 1.29 is 4.74 Å². The van der Waals surface area contributed by atoms with E-state index in [1.807, 2.05) is 0 Å². The molecule has 1 aliphatic carbocycles. The van der Waals surface area contributed by atoms with Gasteiger partial charge in [0, 0.05) is 17.0 Å². The molecule has 0 aromatic heterocycles. The van der Waals surface area contributed by atoms with Crippen LogP contribution in [-0.4, -0.2) is 7.11 Å². The number of aryl methyl sites for hydroxylation is 2. The molecule has 3 rings (SSSR count). The summed E-state index contributed by atoms with van der Waals surface area (Å²) in [5.74, 6) is 1.49. The van der Waals surface area contributed by atoms with Crippen LogP contribution in [-0.2, 0) is 5.41 Å². The van der Waals surface area contributed by atoms with Gasteiger partial charge >= 0.3 is 0 Å². The zero-order valence-corrected chi connectivity index (χ0v) is 16.9. The van der Waals surface area contributed by atoms with Crippen LogP contribution in [0.3, 0.4) is 0 Å². The molecule has 0 bridgehead atoms. The molecule has 1 atom stereocenters. The summed E-state index contributed by atoms with van der Waals surface area (Å²) in [5, 5.41) is 0. The van der Waals surface area contributed by atoms with Crippen LogP contribution in [0.4, 0.5) is 0 Å². The Kier molecular flexibility index (Phi) is 4.31. The Morgan fingerprint density at radius 1 is 0.920 bits per heavy atom. The first-order valence-corrected chi connectivity index (χ1v) is 9.15. The second-order valence-corrected chi connectivity index (χ2v) is 8.57. The van der Waals surface area contributed by atoms with Gasteiger partial charge in [-0.15, -0.1) is 0 Å². The number of hydrogen-bond donors (Lipinski definition) is 0. The van der Waals surface area contributed by atoms with Gasteiger partial charge < -0.3 is 4.74 Å². The zero-order chi connectivity index (χ0) is 18.5. The summed E-state index contributed by atoms with van der Waals surface area (Å²) in [6, 6.07) is 9.17. The number of allylic oxidation sites excluding steroid dienone is 1. The molecular weight excluding hydrogens is 304 g/mol. The molecule has 25 heavy (non-hydrogen) atoms. The first-order chi connectivity index (χ1) is 11.6. The highest BCUT2D eigenvalue weighted by Crippen LogP contribution is 2.49. The predicted octanol–water partition coefficient (Wildman–Crippen LogP) is 6.80. The molecule has 1 heteroatoms. The van der Waals surface area contributed by atoms with Gasteiger partial charge in [-0.2, -0.15) is 0 Å². The van der Waals surface area contributed by atoms with Gasteiger partial charge in [0.05, 0.1) is 7.11 Å².